The van der Waals surface area contributed by atoms with Gasteiger partial charge in [-0.15, -0.1) is 0 Å². The number of rotatable bonds is 7. The number of amides is 1. The number of carbonyl (C=O) groups excluding carboxylic acids is 1. The maximum atomic E-state index is 12.6. The molecule has 4 heteroatoms. The van der Waals surface area contributed by atoms with Gasteiger partial charge in [0.15, 0.2) is 0 Å². The summed E-state index contributed by atoms with van der Waals surface area (Å²) in [5.74, 6) is 0.0411. The van der Waals surface area contributed by atoms with E-state index in [9.17, 15) is 9.90 Å². The van der Waals surface area contributed by atoms with E-state index in [0.717, 1.165) is 11.1 Å². The third kappa shape index (κ3) is 4.27. The predicted molar refractivity (Wildman–Crippen MR) is 96.7 cm³/mol. The molecular formula is C21H25NO3. The van der Waals surface area contributed by atoms with E-state index in [0.29, 0.717) is 26.0 Å². The summed E-state index contributed by atoms with van der Waals surface area (Å²) in [5, 5.41) is 10.5. The average Bonchev–Trinajstić information content (AvgIpc) is 2.96. The summed E-state index contributed by atoms with van der Waals surface area (Å²) in [6, 6.07) is 19.5. The monoisotopic (exact) mass is 339 g/mol. The summed E-state index contributed by atoms with van der Waals surface area (Å²) in [6.07, 6.45) is 0.0397. The lowest BCUT2D eigenvalue weighted by Gasteiger charge is -2.31. The largest absolute Gasteiger partial charge is 0.391 e. The van der Waals surface area contributed by atoms with Crippen LogP contribution in [-0.4, -0.2) is 34.2 Å². The molecule has 1 heterocycles. The molecule has 0 unspecified atom stereocenters. The van der Waals surface area contributed by atoms with Crippen LogP contribution in [0.1, 0.15) is 30.9 Å². The van der Waals surface area contributed by atoms with Crippen molar-refractivity contribution in [2.24, 2.45) is 0 Å². The van der Waals surface area contributed by atoms with E-state index in [1.54, 1.807) is 4.90 Å². The van der Waals surface area contributed by atoms with Crippen molar-refractivity contribution >= 4 is 5.91 Å². The normalized spacial score (nSPS) is 21.5. The van der Waals surface area contributed by atoms with E-state index in [1.165, 1.54) is 0 Å². The van der Waals surface area contributed by atoms with Gasteiger partial charge in [-0.05, 0) is 17.5 Å². The maximum absolute atomic E-state index is 12.6. The Hall–Kier alpha value is -2.17. The topological polar surface area (TPSA) is 49.8 Å². The molecule has 0 saturated carbocycles. The van der Waals surface area contributed by atoms with E-state index < -0.39 is 6.10 Å². The van der Waals surface area contributed by atoms with Crippen molar-refractivity contribution in [3.8, 4) is 0 Å². The molecule has 1 N–H and O–H groups in total. The molecular weight excluding hydrogens is 314 g/mol. The van der Waals surface area contributed by atoms with Crippen molar-refractivity contribution < 1.29 is 14.6 Å². The number of ether oxygens (including phenoxy) is 1. The Kier molecular flexibility index (Phi) is 5.84. The minimum Gasteiger partial charge on any atom is -0.391 e. The van der Waals surface area contributed by atoms with Crippen molar-refractivity contribution in [1.29, 1.82) is 0 Å². The van der Waals surface area contributed by atoms with Gasteiger partial charge in [-0.2, -0.15) is 0 Å². The van der Waals surface area contributed by atoms with Crippen LogP contribution in [0.3, 0.4) is 0 Å². The SMILES string of the molecule is CC[C@@H](O)[C@@H]1[C@@H](OCc2ccccc2)CC(=O)N1Cc1ccccc1. The fraction of sp³-hybridized carbons (Fsp3) is 0.381. The number of hydrogen-bond acceptors (Lipinski definition) is 3. The average molecular weight is 339 g/mol. The third-order valence-electron chi connectivity index (χ3n) is 4.75. The first-order valence-electron chi connectivity index (χ1n) is 8.86. The van der Waals surface area contributed by atoms with Crippen LogP contribution >= 0.6 is 0 Å². The minimum atomic E-state index is -0.587. The highest BCUT2D eigenvalue weighted by Gasteiger charge is 2.43. The lowest BCUT2D eigenvalue weighted by molar-refractivity contribution is -0.131. The summed E-state index contributed by atoms with van der Waals surface area (Å²) in [4.78, 5) is 14.3. The summed E-state index contributed by atoms with van der Waals surface area (Å²) in [6.45, 7) is 2.89. The van der Waals surface area contributed by atoms with Gasteiger partial charge in [-0.25, -0.2) is 0 Å². The highest BCUT2D eigenvalue weighted by Crippen LogP contribution is 2.28. The van der Waals surface area contributed by atoms with Gasteiger partial charge in [-0.3, -0.25) is 4.79 Å². The molecule has 0 radical (unpaired) electrons. The van der Waals surface area contributed by atoms with E-state index in [-0.39, 0.29) is 18.1 Å². The number of aliphatic hydroxyl groups excluding tert-OH is 1. The maximum Gasteiger partial charge on any atom is 0.226 e. The van der Waals surface area contributed by atoms with Crippen LogP contribution in [0.5, 0.6) is 0 Å². The molecule has 3 atom stereocenters. The van der Waals surface area contributed by atoms with Crippen molar-refractivity contribution in [3.05, 3.63) is 71.8 Å². The molecule has 3 rings (SSSR count). The van der Waals surface area contributed by atoms with Crippen molar-refractivity contribution in [1.82, 2.24) is 4.90 Å². The molecule has 132 valence electrons. The van der Waals surface area contributed by atoms with Gasteiger partial charge < -0.3 is 14.7 Å². The Bertz CT molecular complexity index is 674. The highest BCUT2D eigenvalue weighted by molar-refractivity contribution is 5.80. The first kappa shape index (κ1) is 17.6. The molecule has 2 aromatic rings. The fourth-order valence-electron chi connectivity index (χ4n) is 3.38. The number of benzene rings is 2. The zero-order valence-corrected chi connectivity index (χ0v) is 14.5. The standard InChI is InChI=1S/C21H25NO3/c1-2-18(23)21-19(25-15-17-11-7-4-8-12-17)13-20(24)22(21)14-16-9-5-3-6-10-16/h3-12,18-19,21,23H,2,13-15H2,1H3/t18-,19+,21-/m1/s1. The Balaban J connectivity index is 1.73. The van der Waals surface area contributed by atoms with Crippen LogP contribution < -0.4 is 0 Å². The Morgan fingerprint density at radius 1 is 1.08 bits per heavy atom. The van der Waals surface area contributed by atoms with E-state index in [4.69, 9.17) is 4.74 Å². The first-order valence-corrected chi connectivity index (χ1v) is 8.86. The van der Waals surface area contributed by atoms with Crippen molar-refractivity contribution in [2.75, 3.05) is 0 Å². The number of hydrogen-bond donors (Lipinski definition) is 1. The molecule has 1 aliphatic rings. The quantitative estimate of drug-likeness (QED) is 0.843. The molecule has 25 heavy (non-hydrogen) atoms. The van der Waals surface area contributed by atoms with Crippen molar-refractivity contribution in [3.63, 3.8) is 0 Å². The molecule has 0 aromatic heterocycles. The first-order chi connectivity index (χ1) is 12.2. The number of aliphatic hydroxyl groups is 1. The highest BCUT2D eigenvalue weighted by atomic mass is 16.5. The van der Waals surface area contributed by atoms with Crippen LogP contribution in [0.2, 0.25) is 0 Å². The van der Waals surface area contributed by atoms with Crippen LogP contribution in [0.15, 0.2) is 60.7 Å². The van der Waals surface area contributed by atoms with Gasteiger partial charge in [0.1, 0.15) is 0 Å². The Morgan fingerprint density at radius 3 is 2.28 bits per heavy atom. The lowest BCUT2D eigenvalue weighted by Crippen LogP contribution is -2.45. The van der Waals surface area contributed by atoms with Crippen LogP contribution in [-0.2, 0) is 22.7 Å². The number of carbonyl (C=O) groups is 1. The summed E-state index contributed by atoms with van der Waals surface area (Å²) in [7, 11) is 0. The van der Waals surface area contributed by atoms with Crippen LogP contribution in [0.4, 0.5) is 0 Å². The molecule has 0 bridgehead atoms. The number of likely N-dealkylation sites (tertiary alicyclic amines) is 1. The van der Waals surface area contributed by atoms with Gasteiger partial charge in [0.05, 0.1) is 31.3 Å². The molecule has 0 spiro atoms. The van der Waals surface area contributed by atoms with Gasteiger partial charge in [-0.1, -0.05) is 67.6 Å². The summed E-state index contributed by atoms with van der Waals surface area (Å²) in [5.41, 5.74) is 2.13. The zero-order chi connectivity index (χ0) is 17.6. The molecule has 1 amide bonds. The molecule has 0 aliphatic carbocycles. The third-order valence-corrected chi connectivity index (χ3v) is 4.75. The van der Waals surface area contributed by atoms with Gasteiger partial charge in [0.2, 0.25) is 5.91 Å². The zero-order valence-electron chi connectivity index (χ0n) is 14.5. The molecule has 2 aromatic carbocycles. The molecule has 4 nitrogen and oxygen atoms in total. The van der Waals surface area contributed by atoms with E-state index >= 15 is 0 Å². The molecule has 1 fully saturated rings. The molecule has 1 saturated heterocycles. The summed E-state index contributed by atoms with van der Waals surface area (Å²) < 4.78 is 6.04. The fourth-order valence-corrected chi connectivity index (χ4v) is 3.38. The van der Waals surface area contributed by atoms with Gasteiger partial charge >= 0.3 is 0 Å². The number of nitrogens with zero attached hydrogens (tertiary/aromatic N) is 1. The molecule has 1 aliphatic heterocycles. The van der Waals surface area contributed by atoms with Gasteiger partial charge in [0, 0.05) is 6.54 Å². The van der Waals surface area contributed by atoms with Crippen LogP contribution in [0, 0.1) is 0 Å². The summed E-state index contributed by atoms with van der Waals surface area (Å²) >= 11 is 0. The lowest BCUT2D eigenvalue weighted by atomic mass is 10.0. The van der Waals surface area contributed by atoms with E-state index in [2.05, 4.69) is 0 Å². The van der Waals surface area contributed by atoms with Crippen molar-refractivity contribution in [2.45, 2.75) is 51.2 Å². The Labute approximate surface area is 149 Å². The predicted octanol–water partition coefficient (Wildman–Crippen LogP) is 3.14. The smallest absolute Gasteiger partial charge is 0.226 e. The second-order valence-electron chi connectivity index (χ2n) is 6.51. The van der Waals surface area contributed by atoms with Crippen LogP contribution in [0.25, 0.3) is 0 Å². The second kappa shape index (κ2) is 8.28. The van der Waals surface area contributed by atoms with Gasteiger partial charge in [0.25, 0.3) is 0 Å². The Morgan fingerprint density at radius 2 is 1.68 bits per heavy atom. The minimum absolute atomic E-state index is 0.0411. The second-order valence-corrected chi connectivity index (χ2v) is 6.51. The van der Waals surface area contributed by atoms with E-state index in [1.807, 2.05) is 67.6 Å².